The summed E-state index contributed by atoms with van der Waals surface area (Å²) in [6.07, 6.45) is 26.4. The number of rotatable bonds is 27. The molecule has 54 heavy (non-hydrogen) atoms. The molecule has 1 fully saturated rings. The molecule has 306 valence electrons. The van der Waals surface area contributed by atoms with Gasteiger partial charge in [-0.3, -0.25) is 0 Å². The van der Waals surface area contributed by atoms with Crippen LogP contribution in [0.4, 0.5) is 0 Å². The van der Waals surface area contributed by atoms with Gasteiger partial charge in [0.05, 0.1) is 16.8 Å². The van der Waals surface area contributed by atoms with Gasteiger partial charge in [-0.1, -0.05) is 160 Å². The van der Waals surface area contributed by atoms with E-state index in [0.29, 0.717) is 17.9 Å². The third kappa shape index (κ3) is 17.5. The summed E-state index contributed by atoms with van der Waals surface area (Å²) >= 11 is 0. The van der Waals surface area contributed by atoms with E-state index < -0.39 is 23.4 Å². The lowest BCUT2D eigenvalue weighted by Crippen LogP contribution is -2.41. The molecule has 3 rings (SSSR count). The molecule has 5 nitrogen and oxygen atoms in total. The summed E-state index contributed by atoms with van der Waals surface area (Å²) in [5.41, 5.74) is 2.36. The summed E-state index contributed by atoms with van der Waals surface area (Å²) in [4.78, 5) is 0.429. The smallest absolute Gasteiger partial charge is 0.199 e. The molecular formula is C47H78O5SSi. The molecule has 0 saturated carbocycles. The first kappa shape index (κ1) is 46.4. The van der Waals surface area contributed by atoms with Gasteiger partial charge in [-0.15, -0.1) is 0 Å². The molecule has 2 aromatic carbocycles. The quantitative estimate of drug-likeness (QED) is 0.0513. The molecule has 0 bridgehead atoms. The standard InChI is InChI=1S/C47H78O5SSi/c1-40(39-51-54(6,7)47(3,4)5)38-41(2)45(53(48,49)44-29-23-21-24-30-44)31-25-20-18-16-14-12-10-8-9-11-13-15-17-19-22-28-42-33-35-43(36-34-42)52-46-32-26-27-37-50-46/h21,23-24,29-30,33-36,38,40,45-46H,8-20,22,25-28,31-32,37,39H2,1-7H3/b41-38+/t40-,45?,46?/m1/s1. The highest BCUT2D eigenvalue weighted by Gasteiger charge is 2.37. The predicted octanol–water partition coefficient (Wildman–Crippen LogP) is 13.8. The van der Waals surface area contributed by atoms with Crippen molar-refractivity contribution in [3.63, 3.8) is 0 Å². The third-order valence-electron chi connectivity index (χ3n) is 11.8. The van der Waals surface area contributed by atoms with Crippen LogP contribution in [0.5, 0.6) is 5.75 Å². The summed E-state index contributed by atoms with van der Waals surface area (Å²) < 4.78 is 45.8. The lowest BCUT2D eigenvalue weighted by atomic mass is 10.0. The first-order valence-corrected chi connectivity index (χ1v) is 26.2. The maximum absolute atomic E-state index is 13.8. The summed E-state index contributed by atoms with van der Waals surface area (Å²) in [6, 6.07) is 17.6. The molecule has 2 unspecified atom stereocenters. The van der Waals surface area contributed by atoms with Gasteiger partial charge in [0.25, 0.3) is 0 Å². The molecule has 7 heteroatoms. The fraction of sp³-hybridized carbons (Fsp3) is 0.702. The van der Waals surface area contributed by atoms with Gasteiger partial charge in [0.1, 0.15) is 5.75 Å². The molecule has 3 atom stereocenters. The van der Waals surface area contributed by atoms with E-state index in [1.165, 1.54) is 95.5 Å². The molecule has 2 aromatic rings. The average Bonchev–Trinajstić information content (AvgIpc) is 3.14. The highest BCUT2D eigenvalue weighted by atomic mass is 32.2. The van der Waals surface area contributed by atoms with Crippen LogP contribution < -0.4 is 4.74 Å². The van der Waals surface area contributed by atoms with Crippen molar-refractivity contribution in [2.45, 2.75) is 198 Å². The second-order valence-electron chi connectivity index (χ2n) is 17.7. The van der Waals surface area contributed by atoms with Gasteiger partial charge in [0.2, 0.25) is 0 Å². The van der Waals surface area contributed by atoms with Crippen LogP contribution in [0.15, 0.2) is 71.1 Å². The van der Waals surface area contributed by atoms with Crippen molar-refractivity contribution in [2.24, 2.45) is 5.92 Å². The van der Waals surface area contributed by atoms with E-state index in [1.807, 2.05) is 25.1 Å². The van der Waals surface area contributed by atoms with Crippen molar-refractivity contribution in [3.8, 4) is 5.75 Å². The fourth-order valence-electron chi connectivity index (χ4n) is 7.21. The molecule has 0 amide bonds. The van der Waals surface area contributed by atoms with Gasteiger partial charge in [-0.25, -0.2) is 8.42 Å². The van der Waals surface area contributed by atoms with Crippen molar-refractivity contribution < 1.29 is 22.3 Å². The third-order valence-corrected chi connectivity index (χ3v) is 18.6. The SMILES string of the molecule is C/C(=C\[C@@H](C)CO[Si](C)(C)C(C)(C)C)C(CCCCCCCCCCCCCCCCCc1ccc(OC2CCCCO2)cc1)S(=O)(=O)c1ccccc1. The summed E-state index contributed by atoms with van der Waals surface area (Å²) in [7, 11) is -5.31. The van der Waals surface area contributed by atoms with E-state index in [1.54, 1.807) is 12.1 Å². The summed E-state index contributed by atoms with van der Waals surface area (Å²) in [5.74, 6) is 1.09. The van der Waals surface area contributed by atoms with Crippen molar-refractivity contribution in [3.05, 3.63) is 71.8 Å². The molecule has 1 saturated heterocycles. The predicted molar refractivity (Wildman–Crippen MR) is 232 cm³/mol. The number of aryl methyl sites for hydroxylation is 1. The number of unbranched alkanes of at least 4 members (excludes halogenated alkanes) is 14. The van der Waals surface area contributed by atoms with Gasteiger partial charge in [-0.05, 0) is 92.9 Å². The number of hydrogen-bond donors (Lipinski definition) is 0. The normalized spacial score (nSPS) is 17.0. The van der Waals surface area contributed by atoms with Crippen LogP contribution >= 0.6 is 0 Å². The molecule has 0 spiro atoms. The molecule has 1 heterocycles. The van der Waals surface area contributed by atoms with Gasteiger partial charge >= 0.3 is 0 Å². The second kappa shape index (κ2) is 24.6. The number of sulfone groups is 1. The molecule has 0 aromatic heterocycles. The van der Waals surface area contributed by atoms with Gasteiger partial charge in [-0.2, -0.15) is 0 Å². The highest BCUT2D eigenvalue weighted by Crippen LogP contribution is 2.37. The molecule has 0 radical (unpaired) electrons. The average molecular weight is 783 g/mol. The Morgan fingerprint density at radius 3 is 1.85 bits per heavy atom. The van der Waals surface area contributed by atoms with E-state index in [2.05, 4.69) is 71.1 Å². The van der Waals surface area contributed by atoms with Gasteiger partial charge in [0, 0.05) is 13.0 Å². The Labute approximate surface area is 333 Å². The first-order valence-electron chi connectivity index (χ1n) is 21.8. The Hall–Kier alpha value is -1.93. The largest absolute Gasteiger partial charge is 0.465 e. The van der Waals surface area contributed by atoms with Crippen LogP contribution in [0.1, 0.15) is 162 Å². The Kier molecular flexibility index (Phi) is 21.2. The summed E-state index contributed by atoms with van der Waals surface area (Å²) in [6.45, 7) is 16.9. The minimum absolute atomic E-state index is 0.0702. The lowest BCUT2D eigenvalue weighted by molar-refractivity contribution is -0.105. The Morgan fingerprint density at radius 1 is 0.796 bits per heavy atom. The topological polar surface area (TPSA) is 61.8 Å². The first-order chi connectivity index (χ1) is 25.8. The van der Waals surface area contributed by atoms with Crippen LogP contribution in [0, 0.1) is 5.92 Å². The Morgan fingerprint density at radius 2 is 1.33 bits per heavy atom. The van der Waals surface area contributed by atoms with Crippen LogP contribution in [0.3, 0.4) is 0 Å². The molecule has 0 N–H and O–H groups in total. The van der Waals surface area contributed by atoms with Crippen molar-refractivity contribution in [1.82, 2.24) is 0 Å². The van der Waals surface area contributed by atoms with E-state index >= 15 is 0 Å². The molecule has 1 aliphatic rings. The van der Waals surface area contributed by atoms with E-state index in [9.17, 15) is 8.42 Å². The minimum atomic E-state index is -3.46. The monoisotopic (exact) mass is 783 g/mol. The highest BCUT2D eigenvalue weighted by molar-refractivity contribution is 7.92. The Balaban J connectivity index is 1.22. The maximum Gasteiger partial charge on any atom is 0.199 e. The van der Waals surface area contributed by atoms with E-state index in [-0.39, 0.29) is 17.2 Å². The molecule has 1 aliphatic heterocycles. The zero-order chi connectivity index (χ0) is 39.3. The van der Waals surface area contributed by atoms with E-state index in [0.717, 1.165) is 50.0 Å². The minimum Gasteiger partial charge on any atom is -0.465 e. The van der Waals surface area contributed by atoms with Crippen molar-refractivity contribution >= 4 is 18.2 Å². The fourth-order valence-corrected chi connectivity index (χ4v) is 10.2. The van der Waals surface area contributed by atoms with Crippen molar-refractivity contribution in [2.75, 3.05) is 13.2 Å². The van der Waals surface area contributed by atoms with Crippen LogP contribution in [0.25, 0.3) is 0 Å². The van der Waals surface area contributed by atoms with Crippen LogP contribution in [0.2, 0.25) is 18.1 Å². The van der Waals surface area contributed by atoms with Gasteiger partial charge in [0.15, 0.2) is 24.4 Å². The van der Waals surface area contributed by atoms with Crippen LogP contribution in [-0.2, 0) is 25.4 Å². The summed E-state index contributed by atoms with van der Waals surface area (Å²) in [5, 5.41) is -0.330. The van der Waals surface area contributed by atoms with E-state index in [4.69, 9.17) is 13.9 Å². The lowest BCUT2D eigenvalue weighted by Gasteiger charge is -2.36. The second-order valence-corrected chi connectivity index (χ2v) is 24.6. The Bertz CT molecular complexity index is 1410. The van der Waals surface area contributed by atoms with Crippen LogP contribution in [-0.4, -0.2) is 41.5 Å². The van der Waals surface area contributed by atoms with Crippen molar-refractivity contribution in [1.29, 1.82) is 0 Å². The zero-order valence-electron chi connectivity index (χ0n) is 35.5. The zero-order valence-corrected chi connectivity index (χ0v) is 37.3. The molecule has 0 aliphatic carbocycles. The number of hydrogen-bond acceptors (Lipinski definition) is 5. The number of ether oxygens (including phenoxy) is 2. The maximum atomic E-state index is 13.8. The molecular weight excluding hydrogens is 705 g/mol. The van der Waals surface area contributed by atoms with Gasteiger partial charge < -0.3 is 13.9 Å². The number of benzene rings is 2.